The fraction of sp³-hybridized carbons (Fsp3) is 0.174. The summed E-state index contributed by atoms with van der Waals surface area (Å²) in [6.07, 6.45) is 0.218. The van der Waals surface area contributed by atoms with Gasteiger partial charge in [-0.15, -0.1) is 0 Å². The molecular formula is C23H22BrClN2O3S. The molecule has 2 atom stereocenters. The van der Waals surface area contributed by atoms with Crippen molar-refractivity contribution in [1.82, 2.24) is 10.0 Å². The van der Waals surface area contributed by atoms with Crippen LogP contribution in [-0.4, -0.2) is 20.4 Å². The molecule has 8 heteroatoms. The van der Waals surface area contributed by atoms with Crippen LogP contribution in [0.1, 0.15) is 24.1 Å². The fourth-order valence-corrected chi connectivity index (χ4v) is 4.64. The highest BCUT2D eigenvalue weighted by atomic mass is 79.9. The second kappa shape index (κ2) is 10.4. The van der Waals surface area contributed by atoms with Gasteiger partial charge < -0.3 is 5.32 Å². The summed E-state index contributed by atoms with van der Waals surface area (Å²) < 4.78 is 29.2. The van der Waals surface area contributed by atoms with E-state index in [1.54, 1.807) is 24.3 Å². The minimum atomic E-state index is -3.90. The molecule has 0 aliphatic heterocycles. The summed E-state index contributed by atoms with van der Waals surface area (Å²) in [5, 5.41) is 3.51. The quantitative estimate of drug-likeness (QED) is 0.444. The molecule has 0 aliphatic rings. The minimum Gasteiger partial charge on any atom is -0.348 e. The van der Waals surface area contributed by atoms with Gasteiger partial charge in [-0.2, -0.15) is 4.72 Å². The van der Waals surface area contributed by atoms with E-state index in [4.69, 9.17) is 11.6 Å². The smallest absolute Gasteiger partial charge is 0.241 e. The normalized spacial score (nSPS) is 13.4. The Morgan fingerprint density at radius 1 is 0.968 bits per heavy atom. The SMILES string of the molecule is C[C@@H](NC(=O)[C@H](Cc1ccccc1)NS(=O)(=O)c1ccc(Br)cc1)c1ccc(Cl)cc1. The molecule has 0 bridgehead atoms. The third-order valence-corrected chi connectivity index (χ3v) is 7.02. The maximum Gasteiger partial charge on any atom is 0.241 e. The molecule has 0 radical (unpaired) electrons. The van der Waals surface area contributed by atoms with E-state index in [0.29, 0.717) is 5.02 Å². The first kappa shape index (κ1) is 23.5. The standard InChI is InChI=1S/C23H22BrClN2O3S/c1-16(18-7-11-20(25)12-8-18)26-23(28)22(15-17-5-3-2-4-6-17)27-31(29,30)21-13-9-19(24)10-14-21/h2-14,16,22,27H,15H2,1H3,(H,26,28)/t16-,22+/m1/s1. The van der Waals surface area contributed by atoms with E-state index in [9.17, 15) is 13.2 Å². The third-order valence-electron chi connectivity index (χ3n) is 4.75. The number of carbonyl (C=O) groups is 1. The molecule has 0 saturated carbocycles. The van der Waals surface area contributed by atoms with Gasteiger partial charge in [-0.1, -0.05) is 70.0 Å². The number of benzene rings is 3. The number of sulfonamides is 1. The van der Waals surface area contributed by atoms with Gasteiger partial charge in [0.25, 0.3) is 0 Å². The van der Waals surface area contributed by atoms with Crippen molar-refractivity contribution < 1.29 is 13.2 Å². The number of hydrogen-bond acceptors (Lipinski definition) is 3. The fourth-order valence-electron chi connectivity index (χ4n) is 3.06. The molecule has 3 aromatic rings. The molecule has 0 unspecified atom stereocenters. The Bertz CT molecular complexity index is 1120. The van der Waals surface area contributed by atoms with Gasteiger partial charge in [-0.25, -0.2) is 8.42 Å². The van der Waals surface area contributed by atoms with E-state index < -0.39 is 22.0 Å². The lowest BCUT2D eigenvalue weighted by atomic mass is 10.0. The van der Waals surface area contributed by atoms with Crippen LogP contribution in [0.4, 0.5) is 0 Å². The van der Waals surface area contributed by atoms with Crippen LogP contribution in [0.25, 0.3) is 0 Å². The lowest BCUT2D eigenvalue weighted by Crippen LogP contribution is -2.48. The first-order valence-electron chi connectivity index (χ1n) is 9.62. The molecule has 3 rings (SSSR count). The number of hydrogen-bond donors (Lipinski definition) is 2. The zero-order valence-corrected chi connectivity index (χ0v) is 19.9. The van der Waals surface area contributed by atoms with Gasteiger partial charge in [0.2, 0.25) is 15.9 Å². The van der Waals surface area contributed by atoms with Gasteiger partial charge in [0, 0.05) is 9.50 Å². The van der Waals surface area contributed by atoms with Crippen molar-refractivity contribution in [3.05, 3.63) is 99.5 Å². The van der Waals surface area contributed by atoms with Crippen LogP contribution >= 0.6 is 27.5 Å². The molecule has 3 aromatic carbocycles. The average molecular weight is 522 g/mol. The van der Waals surface area contributed by atoms with Crippen LogP contribution in [0.2, 0.25) is 5.02 Å². The minimum absolute atomic E-state index is 0.0901. The van der Waals surface area contributed by atoms with Crippen molar-refractivity contribution in [3.8, 4) is 0 Å². The Labute approximate surface area is 196 Å². The van der Waals surface area contributed by atoms with Gasteiger partial charge in [-0.05, 0) is 60.9 Å². The molecule has 0 aromatic heterocycles. The van der Waals surface area contributed by atoms with Crippen LogP contribution in [0, 0.1) is 0 Å². The van der Waals surface area contributed by atoms with E-state index in [0.717, 1.165) is 15.6 Å². The zero-order valence-electron chi connectivity index (χ0n) is 16.8. The second-order valence-electron chi connectivity index (χ2n) is 7.10. The highest BCUT2D eigenvalue weighted by Gasteiger charge is 2.27. The van der Waals surface area contributed by atoms with E-state index in [-0.39, 0.29) is 17.4 Å². The van der Waals surface area contributed by atoms with E-state index in [2.05, 4.69) is 26.0 Å². The van der Waals surface area contributed by atoms with Crippen molar-refractivity contribution >= 4 is 43.5 Å². The van der Waals surface area contributed by atoms with Crippen LogP contribution in [0.15, 0.2) is 88.2 Å². The Morgan fingerprint density at radius 3 is 2.19 bits per heavy atom. The summed E-state index contributed by atoms with van der Waals surface area (Å²) in [5.74, 6) is -0.410. The lowest BCUT2D eigenvalue weighted by Gasteiger charge is -2.22. The summed E-state index contributed by atoms with van der Waals surface area (Å²) >= 11 is 9.23. The van der Waals surface area contributed by atoms with Crippen LogP contribution in [0.3, 0.4) is 0 Å². The van der Waals surface area contributed by atoms with Gasteiger partial charge >= 0.3 is 0 Å². The highest BCUT2D eigenvalue weighted by molar-refractivity contribution is 9.10. The van der Waals surface area contributed by atoms with Crippen molar-refractivity contribution in [2.45, 2.75) is 30.3 Å². The van der Waals surface area contributed by atoms with Crippen LogP contribution in [-0.2, 0) is 21.2 Å². The number of halogens is 2. The molecule has 0 heterocycles. The second-order valence-corrected chi connectivity index (χ2v) is 10.2. The summed E-state index contributed by atoms with van der Waals surface area (Å²) in [6.45, 7) is 1.84. The first-order chi connectivity index (χ1) is 14.7. The Kier molecular flexibility index (Phi) is 7.89. The maximum absolute atomic E-state index is 13.1. The van der Waals surface area contributed by atoms with Crippen LogP contribution in [0.5, 0.6) is 0 Å². The number of amides is 1. The van der Waals surface area contributed by atoms with E-state index >= 15 is 0 Å². The molecule has 0 spiro atoms. The Morgan fingerprint density at radius 2 is 1.58 bits per heavy atom. The molecule has 1 amide bonds. The molecule has 2 N–H and O–H groups in total. The summed E-state index contributed by atoms with van der Waals surface area (Å²) in [5.41, 5.74) is 1.72. The van der Waals surface area contributed by atoms with Gasteiger partial charge in [-0.3, -0.25) is 4.79 Å². The van der Waals surface area contributed by atoms with Crippen molar-refractivity contribution in [2.24, 2.45) is 0 Å². The first-order valence-corrected chi connectivity index (χ1v) is 12.3. The van der Waals surface area contributed by atoms with Crippen LogP contribution < -0.4 is 10.0 Å². The van der Waals surface area contributed by atoms with Crippen molar-refractivity contribution in [2.75, 3.05) is 0 Å². The Hall–Kier alpha value is -2.19. The van der Waals surface area contributed by atoms with Gasteiger partial charge in [0.05, 0.1) is 10.9 Å². The molecule has 0 saturated heterocycles. The predicted octanol–water partition coefficient (Wildman–Crippen LogP) is 4.87. The summed E-state index contributed by atoms with van der Waals surface area (Å²) in [6, 6.07) is 21.4. The largest absolute Gasteiger partial charge is 0.348 e. The highest BCUT2D eigenvalue weighted by Crippen LogP contribution is 2.18. The number of rotatable bonds is 8. The molecular weight excluding hydrogens is 500 g/mol. The topological polar surface area (TPSA) is 75.3 Å². The molecule has 5 nitrogen and oxygen atoms in total. The Balaban J connectivity index is 1.82. The van der Waals surface area contributed by atoms with Crippen molar-refractivity contribution in [1.29, 1.82) is 0 Å². The third kappa shape index (κ3) is 6.64. The summed E-state index contributed by atoms with van der Waals surface area (Å²) in [4.78, 5) is 13.2. The van der Waals surface area contributed by atoms with E-state index in [1.165, 1.54) is 12.1 Å². The maximum atomic E-state index is 13.1. The molecule has 0 fully saturated rings. The molecule has 31 heavy (non-hydrogen) atoms. The average Bonchev–Trinajstić information content (AvgIpc) is 2.74. The van der Waals surface area contributed by atoms with E-state index in [1.807, 2.05) is 49.4 Å². The lowest BCUT2D eigenvalue weighted by molar-refractivity contribution is -0.123. The number of carbonyl (C=O) groups excluding carboxylic acids is 1. The van der Waals surface area contributed by atoms with Crippen molar-refractivity contribution in [3.63, 3.8) is 0 Å². The predicted molar refractivity (Wildman–Crippen MR) is 126 cm³/mol. The van der Waals surface area contributed by atoms with Gasteiger partial charge in [0.15, 0.2) is 0 Å². The number of nitrogens with one attached hydrogen (secondary N) is 2. The summed E-state index contributed by atoms with van der Waals surface area (Å²) in [7, 11) is -3.90. The zero-order chi connectivity index (χ0) is 22.4. The molecule has 162 valence electrons. The monoisotopic (exact) mass is 520 g/mol. The molecule has 0 aliphatic carbocycles. The van der Waals surface area contributed by atoms with Gasteiger partial charge in [0.1, 0.15) is 6.04 Å².